The average Bonchev–Trinajstić information content (AvgIpc) is 2.87. The van der Waals surface area contributed by atoms with Crippen molar-refractivity contribution in [2.45, 2.75) is 17.7 Å². The van der Waals surface area contributed by atoms with Crippen LogP contribution in [0.25, 0.3) is 5.69 Å². The summed E-state index contributed by atoms with van der Waals surface area (Å²) in [6, 6.07) is 6.04. The summed E-state index contributed by atoms with van der Waals surface area (Å²) in [6.45, 7) is 0.976. The van der Waals surface area contributed by atoms with E-state index >= 15 is 0 Å². The number of rotatable bonds is 2. The van der Waals surface area contributed by atoms with E-state index in [-0.39, 0.29) is 4.90 Å². The summed E-state index contributed by atoms with van der Waals surface area (Å²) in [7, 11) is -3.21. The number of nitrogens with zero attached hydrogens (tertiary/aromatic N) is 2. The Labute approximate surface area is 112 Å². The van der Waals surface area contributed by atoms with Crippen LogP contribution in [0, 0.1) is 0 Å². The number of sulfone groups is 1. The lowest BCUT2D eigenvalue weighted by Gasteiger charge is -2.18. The summed E-state index contributed by atoms with van der Waals surface area (Å²) in [4.78, 5) is 0.234. The molecule has 2 heterocycles. The molecule has 5 nitrogen and oxygen atoms in total. The molecule has 1 aromatic heterocycles. The van der Waals surface area contributed by atoms with Gasteiger partial charge in [-0.3, -0.25) is 0 Å². The van der Waals surface area contributed by atoms with Crippen molar-refractivity contribution in [3.8, 4) is 5.69 Å². The quantitative estimate of drug-likeness (QED) is 0.906. The van der Waals surface area contributed by atoms with Gasteiger partial charge in [0.05, 0.1) is 11.9 Å². The van der Waals surface area contributed by atoms with Gasteiger partial charge in [0.15, 0.2) is 9.84 Å². The maximum Gasteiger partial charge on any atom is 0.178 e. The molecular weight excluding hydrogens is 262 g/mol. The highest BCUT2D eigenvalue weighted by Gasteiger charge is 2.13. The fraction of sp³-hybridized carbons (Fsp3) is 0.308. The van der Waals surface area contributed by atoms with Crippen LogP contribution >= 0.6 is 0 Å². The summed E-state index contributed by atoms with van der Waals surface area (Å²) in [5.41, 5.74) is 3.27. The first kappa shape index (κ1) is 12.2. The summed E-state index contributed by atoms with van der Waals surface area (Å²) < 4.78 is 24.5. The van der Waals surface area contributed by atoms with Gasteiger partial charge in [0.2, 0.25) is 0 Å². The Bertz CT molecular complexity index is 719. The molecule has 0 saturated carbocycles. The van der Waals surface area contributed by atoms with Gasteiger partial charge in [0.25, 0.3) is 0 Å². The number of hydrogen-bond acceptors (Lipinski definition) is 4. The van der Waals surface area contributed by atoms with E-state index in [1.807, 2.05) is 12.1 Å². The fourth-order valence-corrected chi connectivity index (χ4v) is 2.76. The molecular formula is C13H15N3O2S. The Morgan fingerprint density at radius 2 is 2.21 bits per heavy atom. The van der Waals surface area contributed by atoms with Gasteiger partial charge >= 0.3 is 0 Å². The minimum Gasteiger partial charge on any atom is -0.385 e. The first-order chi connectivity index (χ1) is 9.04. The molecule has 1 N–H and O–H groups in total. The smallest absolute Gasteiger partial charge is 0.178 e. The van der Waals surface area contributed by atoms with Crippen LogP contribution < -0.4 is 5.32 Å². The van der Waals surface area contributed by atoms with Crippen LogP contribution in [0.4, 0.5) is 5.69 Å². The number of anilines is 1. The maximum atomic E-state index is 11.4. The first-order valence-corrected chi connectivity index (χ1v) is 8.05. The summed E-state index contributed by atoms with van der Waals surface area (Å²) in [6.07, 6.45) is 6.33. The van der Waals surface area contributed by atoms with Gasteiger partial charge in [-0.2, -0.15) is 5.10 Å². The van der Waals surface area contributed by atoms with Crippen molar-refractivity contribution in [2.24, 2.45) is 0 Å². The number of fused-ring (bicyclic) bond motifs is 1. The molecule has 0 fully saturated rings. The van der Waals surface area contributed by atoms with Crippen molar-refractivity contribution < 1.29 is 8.42 Å². The summed E-state index contributed by atoms with van der Waals surface area (Å²) in [5, 5.41) is 7.46. The average molecular weight is 277 g/mol. The number of benzene rings is 1. The van der Waals surface area contributed by atoms with Crippen molar-refractivity contribution in [3.05, 3.63) is 36.2 Å². The minimum atomic E-state index is -3.21. The minimum absolute atomic E-state index is 0.234. The van der Waals surface area contributed by atoms with Crippen molar-refractivity contribution >= 4 is 15.5 Å². The highest BCUT2D eigenvalue weighted by Crippen LogP contribution is 2.24. The molecule has 0 amide bonds. The maximum absolute atomic E-state index is 11.4. The van der Waals surface area contributed by atoms with Crippen molar-refractivity contribution in [1.82, 2.24) is 9.78 Å². The summed E-state index contributed by atoms with van der Waals surface area (Å²) >= 11 is 0. The molecule has 2 aromatic rings. The van der Waals surface area contributed by atoms with E-state index in [0.717, 1.165) is 30.8 Å². The van der Waals surface area contributed by atoms with E-state index in [9.17, 15) is 8.42 Å². The molecule has 0 atom stereocenters. The van der Waals surface area contributed by atoms with Crippen LogP contribution in [-0.2, 0) is 16.3 Å². The molecule has 19 heavy (non-hydrogen) atoms. The molecule has 6 heteroatoms. The topological polar surface area (TPSA) is 64.0 Å². The second-order valence-electron chi connectivity index (χ2n) is 4.76. The lowest BCUT2D eigenvalue weighted by Crippen LogP contribution is -2.12. The predicted molar refractivity (Wildman–Crippen MR) is 73.5 cm³/mol. The standard InChI is InChI=1S/C13H15N3O2S/c1-19(17,18)12-8-15-16(9-12)11-5-4-10-3-2-6-14-13(10)7-11/h4-5,7-9,14H,2-3,6H2,1H3. The van der Waals surface area contributed by atoms with Gasteiger partial charge in [-0.05, 0) is 30.5 Å². The van der Waals surface area contributed by atoms with Gasteiger partial charge < -0.3 is 5.32 Å². The zero-order valence-corrected chi connectivity index (χ0v) is 11.4. The van der Waals surface area contributed by atoms with Gasteiger partial charge in [0.1, 0.15) is 4.90 Å². The van der Waals surface area contributed by atoms with E-state index in [1.165, 1.54) is 18.0 Å². The number of hydrogen-bond donors (Lipinski definition) is 1. The Morgan fingerprint density at radius 3 is 2.95 bits per heavy atom. The van der Waals surface area contributed by atoms with Gasteiger partial charge in [0, 0.05) is 24.7 Å². The Balaban J connectivity index is 2.00. The predicted octanol–water partition coefficient (Wildman–Crippen LogP) is 1.63. The van der Waals surface area contributed by atoms with Crippen LogP contribution in [0.1, 0.15) is 12.0 Å². The van der Waals surface area contributed by atoms with Crippen LogP contribution in [-0.4, -0.2) is 31.0 Å². The fourth-order valence-electron chi connectivity index (χ4n) is 2.23. The second kappa shape index (κ2) is 4.38. The molecule has 0 radical (unpaired) electrons. The van der Waals surface area contributed by atoms with E-state index in [1.54, 1.807) is 10.9 Å². The first-order valence-electron chi connectivity index (χ1n) is 6.16. The third-order valence-corrected chi connectivity index (χ3v) is 4.35. The van der Waals surface area contributed by atoms with Gasteiger partial charge in [-0.1, -0.05) is 6.07 Å². The summed E-state index contributed by atoms with van der Waals surface area (Å²) in [5.74, 6) is 0. The zero-order valence-electron chi connectivity index (χ0n) is 10.6. The molecule has 1 aliphatic heterocycles. The molecule has 0 saturated heterocycles. The second-order valence-corrected chi connectivity index (χ2v) is 6.78. The number of aryl methyl sites for hydroxylation is 1. The van der Waals surface area contributed by atoms with E-state index in [0.29, 0.717) is 0 Å². The molecule has 0 aliphatic carbocycles. The molecule has 0 spiro atoms. The third kappa shape index (κ3) is 2.35. The Hall–Kier alpha value is -1.82. The van der Waals surface area contributed by atoms with Crippen LogP contribution in [0.5, 0.6) is 0 Å². The highest BCUT2D eigenvalue weighted by molar-refractivity contribution is 7.90. The Morgan fingerprint density at radius 1 is 1.37 bits per heavy atom. The van der Waals surface area contributed by atoms with E-state index < -0.39 is 9.84 Å². The van der Waals surface area contributed by atoms with Gasteiger partial charge in [-0.15, -0.1) is 0 Å². The van der Waals surface area contributed by atoms with E-state index in [2.05, 4.69) is 16.5 Å². The lowest BCUT2D eigenvalue weighted by molar-refractivity contribution is 0.602. The number of nitrogens with one attached hydrogen (secondary N) is 1. The number of aromatic nitrogens is 2. The zero-order chi connectivity index (χ0) is 13.5. The molecule has 0 bridgehead atoms. The van der Waals surface area contributed by atoms with Crippen molar-refractivity contribution in [3.63, 3.8) is 0 Å². The van der Waals surface area contributed by atoms with E-state index in [4.69, 9.17) is 0 Å². The molecule has 1 aromatic carbocycles. The lowest BCUT2D eigenvalue weighted by atomic mass is 10.0. The third-order valence-electron chi connectivity index (χ3n) is 3.28. The van der Waals surface area contributed by atoms with Crippen molar-refractivity contribution in [1.29, 1.82) is 0 Å². The molecule has 100 valence electrons. The molecule has 3 rings (SSSR count). The van der Waals surface area contributed by atoms with Crippen LogP contribution in [0.15, 0.2) is 35.5 Å². The SMILES string of the molecule is CS(=O)(=O)c1cnn(-c2ccc3c(c2)NCCC3)c1. The largest absolute Gasteiger partial charge is 0.385 e. The Kier molecular flexibility index (Phi) is 2.82. The van der Waals surface area contributed by atoms with Gasteiger partial charge in [-0.25, -0.2) is 13.1 Å². The van der Waals surface area contributed by atoms with Crippen LogP contribution in [0.2, 0.25) is 0 Å². The monoisotopic (exact) mass is 277 g/mol. The normalized spacial score (nSPS) is 14.8. The molecule has 1 aliphatic rings. The van der Waals surface area contributed by atoms with Crippen LogP contribution in [0.3, 0.4) is 0 Å². The highest BCUT2D eigenvalue weighted by atomic mass is 32.2. The van der Waals surface area contributed by atoms with Crippen molar-refractivity contribution in [2.75, 3.05) is 18.1 Å². The molecule has 0 unspecified atom stereocenters.